The van der Waals surface area contributed by atoms with Crippen molar-refractivity contribution in [1.29, 1.82) is 0 Å². The van der Waals surface area contributed by atoms with Crippen molar-refractivity contribution < 1.29 is 9.53 Å². The van der Waals surface area contributed by atoms with E-state index in [1.165, 1.54) is 13.3 Å². The number of hydrogen-bond acceptors (Lipinski definition) is 4. The fourth-order valence-corrected chi connectivity index (χ4v) is 1.54. The maximum Gasteiger partial charge on any atom is 0.200 e. The molecular weight excluding hydrogens is 218 g/mol. The minimum atomic E-state index is -0.107. The quantitative estimate of drug-likeness (QED) is 0.749. The Balaban J connectivity index is 2.36. The maximum atomic E-state index is 12.2. The van der Waals surface area contributed by atoms with Crippen LogP contribution in [0.3, 0.4) is 0 Å². The van der Waals surface area contributed by atoms with Gasteiger partial charge >= 0.3 is 0 Å². The monoisotopic (exact) mass is 231 g/mol. The number of carbonyl (C=O) groups excluding carboxylic acids is 1. The molecule has 0 saturated carbocycles. The number of pyridine rings is 1. The van der Waals surface area contributed by atoms with Crippen molar-refractivity contribution in [1.82, 2.24) is 14.8 Å². The van der Waals surface area contributed by atoms with E-state index in [0.29, 0.717) is 16.9 Å². The van der Waals surface area contributed by atoms with Gasteiger partial charge in [-0.15, -0.1) is 0 Å². The molecule has 17 heavy (non-hydrogen) atoms. The molecule has 0 unspecified atom stereocenters. The average Bonchev–Trinajstić information content (AvgIpc) is 2.86. The van der Waals surface area contributed by atoms with E-state index in [1.807, 2.05) is 6.92 Å². The van der Waals surface area contributed by atoms with Crippen LogP contribution in [-0.2, 0) is 6.54 Å². The first-order valence-electron chi connectivity index (χ1n) is 5.31. The Morgan fingerprint density at radius 3 is 2.94 bits per heavy atom. The highest BCUT2D eigenvalue weighted by atomic mass is 16.5. The zero-order chi connectivity index (χ0) is 12.3. The molecule has 0 spiro atoms. The van der Waals surface area contributed by atoms with Gasteiger partial charge in [-0.25, -0.2) is 0 Å². The predicted octanol–water partition coefficient (Wildman–Crippen LogP) is 1.54. The highest BCUT2D eigenvalue weighted by molar-refractivity contribution is 6.10. The zero-order valence-electron chi connectivity index (χ0n) is 9.75. The summed E-state index contributed by atoms with van der Waals surface area (Å²) in [6.07, 6.45) is 6.38. The van der Waals surface area contributed by atoms with Gasteiger partial charge in [0.15, 0.2) is 5.78 Å². The Labute approximate surface area is 99.1 Å². The first-order valence-corrected chi connectivity index (χ1v) is 5.31. The van der Waals surface area contributed by atoms with E-state index >= 15 is 0 Å². The Morgan fingerprint density at radius 2 is 2.29 bits per heavy atom. The highest BCUT2D eigenvalue weighted by Gasteiger charge is 2.15. The number of methoxy groups -OCH3 is 1. The van der Waals surface area contributed by atoms with Crippen molar-refractivity contribution in [3.8, 4) is 5.75 Å². The number of ether oxygens (including phenoxy) is 1. The lowest BCUT2D eigenvalue weighted by Crippen LogP contribution is -2.03. The number of rotatable bonds is 4. The smallest absolute Gasteiger partial charge is 0.200 e. The summed E-state index contributed by atoms with van der Waals surface area (Å²) < 4.78 is 6.82. The van der Waals surface area contributed by atoms with Crippen molar-refractivity contribution in [3.63, 3.8) is 0 Å². The lowest BCUT2D eigenvalue weighted by atomic mass is 10.1. The van der Waals surface area contributed by atoms with Crippen LogP contribution in [-0.4, -0.2) is 27.7 Å². The van der Waals surface area contributed by atoms with Crippen LogP contribution in [0.2, 0.25) is 0 Å². The Hall–Kier alpha value is -2.17. The molecule has 0 bridgehead atoms. The van der Waals surface area contributed by atoms with Crippen LogP contribution in [0.15, 0.2) is 30.9 Å². The lowest BCUT2D eigenvalue weighted by molar-refractivity contribution is 0.103. The number of aromatic nitrogens is 3. The van der Waals surface area contributed by atoms with Gasteiger partial charge in [-0.3, -0.25) is 14.5 Å². The second-order valence-electron chi connectivity index (χ2n) is 3.49. The summed E-state index contributed by atoms with van der Waals surface area (Å²) in [6, 6.07) is 1.64. The van der Waals surface area contributed by atoms with E-state index in [1.54, 1.807) is 29.3 Å². The Bertz CT molecular complexity index is 534. The first-order chi connectivity index (χ1) is 8.26. The molecule has 0 aliphatic heterocycles. The van der Waals surface area contributed by atoms with Gasteiger partial charge in [0, 0.05) is 18.9 Å². The summed E-state index contributed by atoms with van der Waals surface area (Å²) in [7, 11) is 1.52. The minimum Gasteiger partial charge on any atom is -0.494 e. The fraction of sp³-hybridized carbons (Fsp3) is 0.250. The number of aryl methyl sites for hydroxylation is 1. The van der Waals surface area contributed by atoms with Crippen LogP contribution in [0.25, 0.3) is 0 Å². The van der Waals surface area contributed by atoms with Gasteiger partial charge in [0.1, 0.15) is 5.75 Å². The largest absolute Gasteiger partial charge is 0.494 e. The van der Waals surface area contributed by atoms with Crippen molar-refractivity contribution >= 4 is 5.78 Å². The van der Waals surface area contributed by atoms with E-state index in [4.69, 9.17) is 4.74 Å². The van der Waals surface area contributed by atoms with E-state index in [2.05, 4.69) is 10.1 Å². The molecule has 2 aromatic rings. The Kier molecular flexibility index (Phi) is 3.18. The normalized spacial score (nSPS) is 10.2. The van der Waals surface area contributed by atoms with Crippen LogP contribution in [0, 0.1) is 0 Å². The van der Waals surface area contributed by atoms with E-state index in [-0.39, 0.29) is 5.78 Å². The molecule has 2 rings (SSSR count). The van der Waals surface area contributed by atoms with Gasteiger partial charge in [-0.2, -0.15) is 5.10 Å². The minimum absolute atomic E-state index is 0.107. The molecule has 0 fully saturated rings. The van der Waals surface area contributed by atoms with Gasteiger partial charge in [0.25, 0.3) is 0 Å². The molecule has 0 amide bonds. The number of nitrogens with zero attached hydrogens (tertiary/aromatic N) is 3. The molecule has 0 radical (unpaired) electrons. The number of carbonyl (C=O) groups is 1. The van der Waals surface area contributed by atoms with Gasteiger partial charge in [0.05, 0.1) is 30.6 Å². The number of ketones is 1. The van der Waals surface area contributed by atoms with Crippen LogP contribution >= 0.6 is 0 Å². The molecule has 0 atom stereocenters. The first kappa shape index (κ1) is 11.3. The summed E-state index contributed by atoms with van der Waals surface area (Å²) in [5, 5.41) is 4.08. The van der Waals surface area contributed by atoms with Crippen molar-refractivity contribution in [3.05, 3.63) is 42.0 Å². The second-order valence-corrected chi connectivity index (χ2v) is 3.49. The van der Waals surface area contributed by atoms with Crippen LogP contribution in [0.4, 0.5) is 0 Å². The van der Waals surface area contributed by atoms with Gasteiger partial charge in [-0.1, -0.05) is 0 Å². The molecule has 0 aromatic carbocycles. The number of hydrogen-bond donors (Lipinski definition) is 0. The summed E-state index contributed by atoms with van der Waals surface area (Å²) in [5.74, 6) is 0.366. The lowest BCUT2D eigenvalue weighted by Gasteiger charge is -2.04. The molecule has 88 valence electrons. The summed E-state index contributed by atoms with van der Waals surface area (Å²) >= 11 is 0. The predicted molar refractivity (Wildman–Crippen MR) is 62.1 cm³/mol. The van der Waals surface area contributed by atoms with Gasteiger partial charge in [0.2, 0.25) is 0 Å². The average molecular weight is 231 g/mol. The van der Waals surface area contributed by atoms with Crippen LogP contribution < -0.4 is 4.74 Å². The van der Waals surface area contributed by atoms with Crippen LogP contribution in [0.5, 0.6) is 5.75 Å². The molecule has 0 N–H and O–H groups in total. The van der Waals surface area contributed by atoms with Crippen molar-refractivity contribution in [2.45, 2.75) is 13.5 Å². The highest BCUT2D eigenvalue weighted by Crippen LogP contribution is 2.19. The SMILES string of the molecule is CCn1cc(C(=O)c2ccncc2OC)cn1. The van der Waals surface area contributed by atoms with E-state index in [0.717, 1.165) is 6.54 Å². The van der Waals surface area contributed by atoms with Crippen molar-refractivity contribution in [2.75, 3.05) is 7.11 Å². The third-order valence-corrected chi connectivity index (χ3v) is 2.47. The van der Waals surface area contributed by atoms with Crippen LogP contribution in [0.1, 0.15) is 22.8 Å². The molecule has 0 aliphatic carbocycles. The second kappa shape index (κ2) is 4.78. The molecule has 0 saturated heterocycles. The third-order valence-electron chi connectivity index (χ3n) is 2.47. The van der Waals surface area contributed by atoms with E-state index < -0.39 is 0 Å². The molecular formula is C12H13N3O2. The van der Waals surface area contributed by atoms with Gasteiger partial charge < -0.3 is 4.74 Å². The Morgan fingerprint density at radius 1 is 1.47 bits per heavy atom. The molecule has 0 aliphatic rings. The summed E-state index contributed by atoms with van der Waals surface area (Å²) in [6.45, 7) is 2.70. The zero-order valence-corrected chi connectivity index (χ0v) is 9.75. The van der Waals surface area contributed by atoms with Crippen molar-refractivity contribution in [2.24, 2.45) is 0 Å². The fourth-order valence-electron chi connectivity index (χ4n) is 1.54. The summed E-state index contributed by atoms with van der Waals surface area (Å²) in [4.78, 5) is 16.1. The summed E-state index contributed by atoms with van der Waals surface area (Å²) in [5.41, 5.74) is 1.05. The maximum absolute atomic E-state index is 12.2. The standard InChI is InChI=1S/C12H13N3O2/c1-3-15-8-9(6-14-15)12(16)10-4-5-13-7-11(10)17-2/h4-8H,3H2,1-2H3. The third kappa shape index (κ3) is 2.18. The molecule has 2 aromatic heterocycles. The van der Waals surface area contributed by atoms with Gasteiger partial charge in [-0.05, 0) is 13.0 Å². The van der Waals surface area contributed by atoms with E-state index in [9.17, 15) is 4.79 Å². The molecule has 5 nitrogen and oxygen atoms in total. The topological polar surface area (TPSA) is 57.0 Å². The molecule has 2 heterocycles. The molecule has 5 heteroatoms.